The topological polar surface area (TPSA) is 70.9 Å². The van der Waals surface area contributed by atoms with E-state index in [9.17, 15) is 13.2 Å². The molecule has 0 spiro atoms. The van der Waals surface area contributed by atoms with Gasteiger partial charge in [-0.2, -0.15) is 0 Å². The van der Waals surface area contributed by atoms with E-state index >= 15 is 0 Å². The third-order valence-corrected chi connectivity index (χ3v) is 5.87. The van der Waals surface area contributed by atoms with Crippen LogP contribution in [0.4, 0.5) is 0 Å². The van der Waals surface area contributed by atoms with Crippen molar-refractivity contribution in [2.45, 2.75) is 44.7 Å². The minimum Gasteiger partial charge on any atom is -0.346 e. The van der Waals surface area contributed by atoms with E-state index in [0.29, 0.717) is 24.2 Å². The van der Waals surface area contributed by atoms with Crippen molar-refractivity contribution in [3.63, 3.8) is 0 Å². The summed E-state index contributed by atoms with van der Waals surface area (Å²) in [6.45, 7) is 10.0. The van der Waals surface area contributed by atoms with E-state index in [0.717, 1.165) is 10.8 Å². The molecule has 0 bridgehead atoms. The van der Waals surface area contributed by atoms with Crippen molar-refractivity contribution in [3.8, 4) is 0 Å². The number of hydrogen-bond acceptors (Lipinski definition) is 3. The summed E-state index contributed by atoms with van der Waals surface area (Å²) in [5, 5.41) is 2.88. The van der Waals surface area contributed by atoms with Crippen LogP contribution in [0.15, 0.2) is 29.2 Å². The Labute approximate surface area is 145 Å². The zero-order valence-corrected chi connectivity index (χ0v) is 16.3. The number of nitrogens with one attached hydrogen (secondary N) is 2. The molecule has 24 heavy (non-hydrogen) atoms. The number of carbonyl (C=O) groups is 1. The van der Waals surface area contributed by atoms with Crippen molar-refractivity contribution in [2.75, 3.05) is 27.2 Å². The maximum Gasteiger partial charge on any atom is 0.251 e. The van der Waals surface area contributed by atoms with Crippen LogP contribution in [0.1, 0.15) is 38.1 Å². The molecular weight excluding hydrogens is 326 g/mol. The van der Waals surface area contributed by atoms with Gasteiger partial charge in [-0.25, -0.2) is 12.7 Å². The SMILES string of the molecule is CC(C)[NH+](CCNC(=O)c1cccc(S(=O)(=O)N(C)C)c1)C(C)C. The van der Waals surface area contributed by atoms with Gasteiger partial charge >= 0.3 is 0 Å². The predicted molar refractivity (Wildman–Crippen MR) is 95.7 cm³/mol. The number of sulfonamides is 1. The van der Waals surface area contributed by atoms with Crippen molar-refractivity contribution in [1.29, 1.82) is 0 Å². The second kappa shape index (κ2) is 8.60. The van der Waals surface area contributed by atoms with Gasteiger partial charge in [0.2, 0.25) is 10.0 Å². The van der Waals surface area contributed by atoms with Crippen LogP contribution in [0, 0.1) is 0 Å². The Hall–Kier alpha value is -1.44. The fourth-order valence-corrected chi connectivity index (χ4v) is 3.62. The molecule has 6 nitrogen and oxygen atoms in total. The molecule has 1 aromatic rings. The van der Waals surface area contributed by atoms with Crippen molar-refractivity contribution < 1.29 is 18.1 Å². The fraction of sp³-hybridized carbons (Fsp3) is 0.588. The van der Waals surface area contributed by atoms with Gasteiger partial charge in [0.25, 0.3) is 5.91 Å². The van der Waals surface area contributed by atoms with E-state index in [2.05, 4.69) is 33.0 Å². The normalized spacial score (nSPS) is 12.4. The number of hydrogen-bond donors (Lipinski definition) is 2. The van der Waals surface area contributed by atoms with Gasteiger partial charge in [0, 0.05) is 19.7 Å². The maximum absolute atomic E-state index is 12.3. The van der Waals surface area contributed by atoms with Crippen molar-refractivity contribution in [1.82, 2.24) is 9.62 Å². The first-order valence-electron chi connectivity index (χ1n) is 8.23. The number of carbonyl (C=O) groups excluding carboxylic acids is 1. The van der Waals surface area contributed by atoms with Crippen LogP contribution in [0.2, 0.25) is 0 Å². The second-order valence-electron chi connectivity index (χ2n) is 6.71. The molecule has 1 amide bonds. The van der Waals surface area contributed by atoms with E-state index < -0.39 is 10.0 Å². The van der Waals surface area contributed by atoms with Crippen LogP contribution in [-0.2, 0) is 10.0 Å². The van der Waals surface area contributed by atoms with Crippen molar-refractivity contribution >= 4 is 15.9 Å². The minimum absolute atomic E-state index is 0.122. The minimum atomic E-state index is -3.54. The van der Waals surface area contributed by atoms with Gasteiger partial charge in [0.1, 0.15) is 0 Å². The third-order valence-electron chi connectivity index (χ3n) is 4.06. The molecule has 0 aliphatic carbocycles. The summed E-state index contributed by atoms with van der Waals surface area (Å²) in [5.41, 5.74) is 0.355. The molecule has 0 aliphatic rings. The average Bonchev–Trinajstić information content (AvgIpc) is 2.50. The van der Waals surface area contributed by atoms with Crippen LogP contribution in [0.5, 0.6) is 0 Å². The molecule has 0 saturated carbocycles. The summed E-state index contributed by atoms with van der Waals surface area (Å²) in [6.07, 6.45) is 0. The first-order valence-corrected chi connectivity index (χ1v) is 9.67. The molecule has 1 aromatic carbocycles. The molecule has 7 heteroatoms. The van der Waals surface area contributed by atoms with Crippen LogP contribution >= 0.6 is 0 Å². The van der Waals surface area contributed by atoms with Crippen molar-refractivity contribution in [3.05, 3.63) is 29.8 Å². The summed E-state index contributed by atoms with van der Waals surface area (Å²) in [7, 11) is -0.601. The Morgan fingerprint density at radius 2 is 1.75 bits per heavy atom. The first-order chi connectivity index (χ1) is 11.1. The van der Waals surface area contributed by atoms with E-state index in [1.54, 1.807) is 12.1 Å². The molecular formula is C17H30N3O3S+. The van der Waals surface area contributed by atoms with Gasteiger partial charge in [0.05, 0.1) is 30.1 Å². The largest absolute Gasteiger partial charge is 0.346 e. The van der Waals surface area contributed by atoms with Crippen LogP contribution in [-0.4, -0.2) is 57.9 Å². The van der Waals surface area contributed by atoms with E-state index in [-0.39, 0.29) is 10.8 Å². The summed E-state index contributed by atoms with van der Waals surface area (Å²) in [6, 6.07) is 7.09. The zero-order chi connectivity index (χ0) is 18.5. The number of nitrogens with zero attached hydrogens (tertiary/aromatic N) is 1. The Kier molecular flexibility index (Phi) is 7.38. The molecule has 0 heterocycles. The molecule has 0 atom stereocenters. The molecule has 0 saturated heterocycles. The summed E-state index contributed by atoms with van der Waals surface area (Å²) < 4.78 is 25.4. The Balaban J connectivity index is 2.76. The van der Waals surface area contributed by atoms with Gasteiger partial charge < -0.3 is 10.2 Å². The molecule has 0 fully saturated rings. The number of quaternary nitrogens is 1. The third kappa shape index (κ3) is 5.29. The van der Waals surface area contributed by atoms with Crippen LogP contribution in [0.3, 0.4) is 0 Å². The van der Waals surface area contributed by atoms with E-state index in [1.807, 2.05) is 0 Å². The predicted octanol–water partition coefficient (Wildman–Crippen LogP) is 0.368. The lowest BCUT2D eigenvalue weighted by Gasteiger charge is -2.27. The van der Waals surface area contributed by atoms with Gasteiger partial charge in [-0.15, -0.1) is 0 Å². The summed E-state index contributed by atoms with van der Waals surface area (Å²) in [5.74, 6) is -0.252. The van der Waals surface area contributed by atoms with Gasteiger partial charge in [0.15, 0.2) is 0 Å². The lowest BCUT2D eigenvalue weighted by Crippen LogP contribution is -3.18. The van der Waals surface area contributed by atoms with E-state index in [1.165, 1.54) is 31.1 Å². The number of benzene rings is 1. The lowest BCUT2D eigenvalue weighted by atomic mass is 10.2. The molecule has 136 valence electrons. The highest BCUT2D eigenvalue weighted by atomic mass is 32.2. The molecule has 0 aromatic heterocycles. The molecule has 0 unspecified atom stereocenters. The molecule has 0 radical (unpaired) electrons. The Bertz CT molecular complexity index is 647. The molecule has 0 aliphatic heterocycles. The Morgan fingerprint density at radius 3 is 2.25 bits per heavy atom. The zero-order valence-electron chi connectivity index (χ0n) is 15.5. The van der Waals surface area contributed by atoms with Gasteiger partial charge in [-0.1, -0.05) is 6.07 Å². The fourth-order valence-electron chi connectivity index (χ4n) is 2.68. The maximum atomic E-state index is 12.3. The highest BCUT2D eigenvalue weighted by molar-refractivity contribution is 7.89. The quantitative estimate of drug-likeness (QED) is 0.707. The molecule has 2 N–H and O–H groups in total. The average molecular weight is 357 g/mol. The number of amides is 1. The summed E-state index contributed by atoms with van der Waals surface area (Å²) >= 11 is 0. The first kappa shape index (κ1) is 20.6. The van der Waals surface area contributed by atoms with Crippen LogP contribution in [0.25, 0.3) is 0 Å². The highest BCUT2D eigenvalue weighted by Gasteiger charge is 2.20. The highest BCUT2D eigenvalue weighted by Crippen LogP contribution is 2.14. The monoisotopic (exact) mass is 356 g/mol. The van der Waals surface area contributed by atoms with Crippen LogP contribution < -0.4 is 10.2 Å². The van der Waals surface area contributed by atoms with Gasteiger partial charge in [-0.3, -0.25) is 4.79 Å². The van der Waals surface area contributed by atoms with Crippen molar-refractivity contribution in [2.24, 2.45) is 0 Å². The molecule has 1 rings (SSSR count). The standard InChI is InChI=1S/C17H29N3O3S/c1-13(2)20(14(3)4)11-10-18-17(21)15-8-7-9-16(12-15)24(22,23)19(5)6/h7-9,12-14H,10-11H2,1-6H3,(H,18,21)/p+1. The summed E-state index contributed by atoms with van der Waals surface area (Å²) in [4.78, 5) is 13.8. The number of rotatable bonds is 8. The Morgan fingerprint density at radius 1 is 1.17 bits per heavy atom. The van der Waals surface area contributed by atoms with E-state index in [4.69, 9.17) is 0 Å². The lowest BCUT2D eigenvalue weighted by molar-refractivity contribution is -0.941. The smallest absolute Gasteiger partial charge is 0.251 e. The second-order valence-corrected chi connectivity index (χ2v) is 8.86. The van der Waals surface area contributed by atoms with Gasteiger partial charge in [-0.05, 0) is 45.9 Å².